The summed E-state index contributed by atoms with van der Waals surface area (Å²) in [6.07, 6.45) is 3.92. The van der Waals surface area contributed by atoms with Crippen LogP contribution in [0.1, 0.15) is 11.3 Å². The van der Waals surface area contributed by atoms with Gasteiger partial charge in [-0.1, -0.05) is 17.8 Å². The summed E-state index contributed by atoms with van der Waals surface area (Å²) < 4.78 is 0. The molecule has 0 fully saturated rings. The Morgan fingerprint density at radius 2 is 2.20 bits per heavy atom. The summed E-state index contributed by atoms with van der Waals surface area (Å²) in [6.45, 7) is 2.68. The van der Waals surface area contributed by atoms with Gasteiger partial charge in [-0.3, -0.25) is 9.98 Å². The number of thioether (sulfide) groups is 1. The van der Waals surface area contributed by atoms with Crippen LogP contribution in [0.25, 0.3) is 0 Å². The smallest absolute Gasteiger partial charge is 0.158 e. The molecule has 0 radical (unpaired) electrons. The largest absolute Gasteiger partial charge is 0.358 e. The van der Waals surface area contributed by atoms with Crippen molar-refractivity contribution in [2.45, 2.75) is 13.5 Å². The second-order valence-electron chi connectivity index (χ2n) is 3.51. The minimum Gasteiger partial charge on any atom is -0.358 e. The number of hydrogen-bond donors (Lipinski definition) is 0. The maximum Gasteiger partial charge on any atom is 0.158 e. The first-order chi connectivity index (χ1) is 7.13. The van der Waals surface area contributed by atoms with Gasteiger partial charge in [-0.25, -0.2) is 0 Å². The van der Waals surface area contributed by atoms with Crippen LogP contribution in [0.2, 0.25) is 0 Å². The first kappa shape index (κ1) is 12.0. The van der Waals surface area contributed by atoms with Gasteiger partial charge in [-0.05, 0) is 24.8 Å². The van der Waals surface area contributed by atoms with E-state index in [-0.39, 0.29) is 0 Å². The molecule has 4 heteroatoms. The highest BCUT2D eigenvalue weighted by Crippen LogP contribution is 2.06. The van der Waals surface area contributed by atoms with Crippen molar-refractivity contribution in [3.05, 3.63) is 29.6 Å². The van der Waals surface area contributed by atoms with Crippen LogP contribution in [0.3, 0.4) is 0 Å². The van der Waals surface area contributed by atoms with E-state index in [1.165, 1.54) is 0 Å². The fraction of sp³-hybridized carbons (Fsp3) is 0.455. The molecular weight excluding hydrogens is 206 g/mol. The minimum atomic E-state index is 0.696. The lowest BCUT2D eigenvalue weighted by Crippen LogP contribution is -2.18. The molecule has 0 saturated heterocycles. The Balaban J connectivity index is 2.66. The molecule has 0 aliphatic rings. The van der Waals surface area contributed by atoms with Crippen molar-refractivity contribution < 1.29 is 0 Å². The van der Waals surface area contributed by atoms with Crippen molar-refractivity contribution in [3.63, 3.8) is 0 Å². The van der Waals surface area contributed by atoms with E-state index in [1.807, 2.05) is 44.4 Å². The molecule has 82 valence electrons. The molecule has 0 N–H and O–H groups in total. The predicted molar refractivity (Wildman–Crippen MR) is 67.3 cm³/mol. The van der Waals surface area contributed by atoms with E-state index in [0.29, 0.717) is 6.54 Å². The van der Waals surface area contributed by atoms with Crippen LogP contribution < -0.4 is 0 Å². The molecule has 0 unspecified atom stereocenters. The van der Waals surface area contributed by atoms with Crippen molar-refractivity contribution in [2.24, 2.45) is 4.99 Å². The van der Waals surface area contributed by atoms with E-state index in [9.17, 15) is 0 Å². The number of hydrogen-bond acceptors (Lipinski definition) is 3. The summed E-state index contributed by atoms with van der Waals surface area (Å²) in [7, 11) is 4.01. The van der Waals surface area contributed by atoms with Crippen molar-refractivity contribution in [2.75, 3.05) is 20.4 Å². The van der Waals surface area contributed by atoms with Gasteiger partial charge in [0.15, 0.2) is 5.17 Å². The van der Waals surface area contributed by atoms with Gasteiger partial charge in [0.25, 0.3) is 0 Å². The third-order valence-corrected chi connectivity index (χ3v) is 2.79. The average molecular weight is 223 g/mol. The van der Waals surface area contributed by atoms with E-state index in [1.54, 1.807) is 11.8 Å². The number of pyridine rings is 1. The summed E-state index contributed by atoms with van der Waals surface area (Å²) in [6, 6.07) is 4.08. The van der Waals surface area contributed by atoms with E-state index in [0.717, 1.165) is 16.4 Å². The third kappa shape index (κ3) is 3.91. The molecule has 15 heavy (non-hydrogen) atoms. The minimum absolute atomic E-state index is 0.696. The van der Waals surface area contributed by atoms with Gasteiger partial charge in [0, 0.05) is 26.0 Å². The molecule has 0 spiro atoms. The topological polar surface area (TPSA) is 28.5 Å². The van der Waals surface area contributed by atoms with Gasteiger partial charge >= 0.3 is 0 Å². The first-order valence-electron chi connectivity index (χ1n) is 4.80. The van der Waals surface area contributed by atoms with Crippen molar-refractivity contribution in [3.8, 4) is 0 Å². The number of aromatic nitrogens is 1. The Hall–Kier alpha value is -1.03. The molecule has 1 heterocycles. The van der Waals surface area contributed by atoms with Gasteiger partial charge in [-0.2, -0.15) is 0 Å². The number of rotatable bonds is 2. The van der Waals surface area contributed by atoms with Gasteiger partial charge < -0.3 is 4.90 Å². The molecule has 3 nitrogen and oxygen atoms in total. The highest BCUT2D eigenvalue weighted by molar-refractivity contribution is 8.13. The Morgan fingerprint density at radius 1 is 1.47 bits per heavy atom. The molecular formula is C11H17N3S. The number of nitrogens with zero attached hydrogens (tertiary/aromatic N) is 3. The predicted octanol–water partition coefficient (Wildman–Crippen LogP) is 2.17. The van der Waals surface area contributed by atoms with Crippen LogP contribution in [0, 0.1) is 6.92 Å². The summed E-state index contributed by atoms with van der Waals surface area (Å²) >= 11 is 1.66. The fourth-order valence-corrected chi connectivity index (χ4v) is 1.70. The zero-order valence-corrected chi connectivity index (χ0v) is 10.5. The summed E-state index contributed by atoms with van der Waals surface area (Å²) in [4.78, 5) is 10.8. The monoisotopic (exact) mass is 223 g/mol. The highest BCUT2D eigenvalue weighted by Gasteiger charge is 1.99. The maximum atomic E-state index is 4.51. The van der Waals surface area contributed by atoms with Crippen molar-refractivity contribution >= 4 is 16.9 Å². The van der Waals surface area contributed by atoms with Crippen LogP contribution in [-0.2, 0) is 6.54 Å². The molecule has 0 aliphatic carbocycles. The van der Waals surface area contributed by atoms with Gasteiger partial charge in [0.1, 0.15) is 0 Å². The second kappa shape index (κ2) is 5.75. The molecule has 0 amide bonds. The molecule has 0 bridgehead atoms. The standard InChI is InChI=1S/C11H17N3S/c1-9-5-6-10(7-12-9)8-13-11(15-4)14(2)3/h5-7H,8H2,1-4H3. The normalized spacial score (nSPS) is 11.6. The third-order valence-electron chi connectivity index (χ3n) is 1.93. The summed E-state index contributed by atoms with van der Waals surface area (Å²) in [5.41, 5.74) is 2.19. The van der Waals surface area contributed by atoms with Crippen LogP contribution in [-0.4, -0.2) is 35.4 Å². The number of aryl methyl sites for hydroxylation is 1. The molecule has 1 rings (SSSR count). The highest BCUT2D eigenvalue weighted by atomic mass is 32.2. The molecule has 1 aromatic rings. The van der Waals surface area contributed by atoms with E-state index in [2.05, 4.69) is 16.0 Å². The van der Waals surface area contributed by atoms with Crippen LogP contribution in [0.5, 0.6) is 0 Å². The summed E-state index contributed by atoms with van der Waals surface area (Å²) in [5, 5.41) is 1.04. The number of aliphatic imine (C=N–C) groups is 1. The van der Waals surface area contributed by atoms with E-state index < -0.39 is 0 Å². The van der Waals surface area contributed by atoms with Crippen LogP contribution in [0.15, 0.2) is 23.3 Å². The maximum absolute atomic E-state index is 4.51. The molecule has 1 aromatic heterocycles. The summed E-state index contributed by atoms with van der Waals surface area (Å²) in [5.74, 6) is 0. The quantitative estimate of drug-likeness (QED) is 0.568. The van der Waals surface area contributed by atoms with Gasteiger partial charge in [-0.15, -0.1) is 0 Å². The van der Waals surface area contributed by atoms with Crippen LogP contribution in [0.4, 0.5) is 0 Å². The molecule has 0 aromatic carbocycles. The Kier molecular flexibility index (Phi) is 4.62. The lowest BCUT2D eigenvalue weighted by atomic mass is 10.2. The Labute approximate surface area is 95.6 Å². The first-order valence-corrected chi connectivity index (χ1v) is 6.03. The zero-order valence-electron chi connectivity index (χ0n) is 9.69. The molecule has 0 saturated carbocycles. The number of amidine groups is 1. The fourth-order valence-electron chi connectivity index (χ4n) is 1.14. The molecule has 0 aliphatic heterocycles. The van der Waals surface area contributed by atoms with Crippen molar-refractivity contribution in [1.29, 1.82) is 0 Å². The van der Waals surface area contributed by atoms with Crippen molar-refractivity contribution in [1.82, 2.24) is 9.88 Å². The lowest BCUT2D eigenvalue weighted by Gasteiger charge is -2.12. The zero-order chi connectivity index (χ0) is 11.3. The van der Waals surface area contributed by atoms with Gasteiger partial charge in [0.2, 0.25) is 0 Å². The second-order valence-corrected chi connectivity index (χ2v) is 4.28. The SMILES string of the molecule is CSC(=NCc1ccc(C)nc1)N(C)C. The lowest BCUT2D eigenvalue weighted by molar-refractivity contribution is 0.632. The van der Waals surface area contributed by atoms with E-state index in [4.69, 9.17) is 0 Å². The average Bonchev–Trinajstić information content (AvgIpc) is 2.21. The Morgan fingerprint density at radius 3 is 2.67 bits per heavy atom. The van der Waals surface area contributed by atoms with Crippen LogP contribution >= 0.6 is 11.8 Å². The Bertz CT molecular complexity index is 330. The van der Waals surface area contributed by atoms with Gasteiger partial charge in [0.05, 0.1) is 6.54 Å². The van der Waals surface area contributed by atoms with E-state index >= 15 is 0 Å². The molecule has 0 atom stereocenters.